The number of anilines is 1. The molecule has 0 saturated heterocycles. The monoisotopic (exact) mass is 523 g/mol. The lowest BCUT2D eigenvalue weighted by molar-refractivity contribution is -0.139. The number of methoxy groups -OCH3 is 1. The zero-order valence-electron chi connectivity index (χ0n) is 21.0. The molecule has 1 N–H and O–H groups in total. The Bertz CT molecular complexity index is 1160. The molecule has 2 atom stereocenters. The molecular weight excluding hydrogens is 490 g/mol. The third kappa shape index (κ3) is 7.60. The van der Waals surface area contributed by atoms with Gasteiger partial charge in [-0.15, -0.1) is 0 Å². The standard InChI is InChI=1S/C25H34ClN3O5S/c1-7-18(3)27-25(31)19(4)28(15-20-11-9-8-10-17(20)2)24(30)16-29(35(6,32)33)22-14-21(26)12-13-23(22)34-5/h8-14,18-19H,7,15-16H2,1-6H3,(H,27,31)/t18-,19+/m1/s1. The van der Waals surface area contributed by atoms with Crippen molar-refractivity contribution in [1.29, 1.82) is 0 Å². The molecule has 0 bridgehead atoms. The van der Waals surface area contributed by atoms with Gasteiger partial charge in [-0.2, -0.15) is 0 Å². The fourth-order valence-corrected chi connectivity index (χ4v) is 4.48. The fourth-order valence-electron chi connectivity index (χ4n) is 3.47. The van der Waals surface area contributed by atoms with E-state index in [4.69, 9.17) is 16.3 Å². The van der Waals surface area contributed by atoms with Crippen molar-refractivity contribution < 1.29 is 22.7 Å². The van der Waals surface area contributed by atoms with Gasteiger partial charge < -0.3 is 15.0 Å². The summed E-state index contributed by atoms with van der Waals surface area (Å²) in [5, 5.41) is 3.20. The first-order valence-corrected chi connectivity index (χ1v) is 13.6. The van der Waals surface area contributed by atoms with Crippen molar-refractivity contribution in [3.05, 3.63) is 58.6 Å². The molecule has 0 fully saturated rings. The number of amides is 2. The lowest BCUT2D eigenvalue weighted by Crippen LogP contribution is -2.52. The number of nitrogens with one attached hydrogen (secondary N) is 1. The van der Waals surface area contributed by atoms with Crippen molar-refractivity contribution in [2.75, 3.05) is 24.2 Å². The molecule has 0 aliphatic carbocycles. The molecule has 0 heterocycles. The van der Waals surface area contributed by atoms with Gasteiger partial charge in [0.1, 0.15) is 18.3 Å². The molecule has 2 amide bonds. The maximum Gasteiger partial charge on any atom is 0.244 e. The van der Waals surface area contributed by atoms with Crippen LogP contribution in [0.25, 0.3) is 0 Å². The average molecular weight is 524 g/mol. The molecular formula is C25H34ClN3O5S. The minimum absolute atomic E-state index is 0.0661. The van der Waals surface area contributed by atoms with Crippen LogP contribution in [0.1, 0.15) is 38.3 Å². The first-order chi connectivity index (χ1) is 16.4. The van der Waals surface area contributed by atoms with Gasteiger partial charge in [-0.25, -0.2) is 8.42 Å². The lowest BCUT2D eigenvalue weighted by atomic mass is 10.1. The van der Waals surface area contributed by atoms with Crippen molar-refractivity contribution in [2.45, 2.75) is 52.7 Å². The van der Waals surface area contributed by atoms with Gasteiger partial charge in [-0.05, 0) is 56.5 Å². The van der Waals surface area contributed by atoms with Crippen LogP contribution >= 0.6 is 11.6 Å². The van der Waals surface area contributed by atoms with Crippen molar-refractivity contribution in [3.63, 3.8) is 0 Å². The summed E-state index contributed by atoms with van der Waals surface area (Å²) in [4.78, 5) is 28.0. The van der Waals surface area contributed by atoms with Gasteiger partial charge in [-0.1, -0.05) is 42.8 Å². The summed E-state index contributed by atoms with van der Waals surface area (Å²) in [6.07, 6.45) is 1.74. The first kappa shape index (κ1) is 28.5. The molecule has 0 aliphatic rings. The van der Waals surface area contributed by atoms with E-state index in [1.54, 1.807) is 13.0 Å². The van der Waals surface area contributed by atoms with Gasteiger partial charge in [0, 0.05) is 17.6 Å². The second-order valence-corrected chi connectivity index (χ2v) is 10.9. The summed E-state index contributed by atoms with van der Waals surface area (Å²) in [6.45, 7) is 7.01. The van der Waals surface area contributed by atoms with Gasteiger partial charge in [0.2, 0.25) is 21.8 Å². The summed E-state index contributed by atoms with van der Waals surface area (Å²) >= 11 is 6.12. The second kappa shape index (κ2) is 12.3. The van der Waals surface area contributed by atoms with Crippen LogP contribution in [-0.2, 0) is 26.2 Å². The van der Waals surface area contributed by atoms with Crippen molar-refractivity contribution >= 4 is 39.1 Å². The Morgan fingerprint density at radius 1 is 1.14 bits per heavy atom. The summed E-state index contributed by atoms with van der Waals surface area (Å²) in [5.41, 5.74) is 1.95. The Balaban J connectivity index is 2.47. The predicted molar refractivity (Wildman–Crippen MR) is 139 cm³/mol. The van der Waals surface area contributed by atoms with Crippen LogP contribution in [0.2, 0.25) is 5.02 Å². The van der Waals surface area contributed by atoms with Crippen molar-refractivity contribution in [3.8, 4) is 5.75 Å². The van der Waals surface area contributed by atoms with E-state index in [9.17, 15) is 18.0 Å². The number of aryl methyl sites for hydroxylation is 1. The number of benzene rings is 2. The molecule has 35 heavy (non-hydrogen) atoms. The normalized spacial score (nSPS) is 13.0. The molecule has 0 unspecified atom stereocenters. The van der Waals surface area contributed by atoms with Gasteiger partial charge in [-0.3, -0.25) is 13.9 Å². The van der Waals surface area contributed by atoms with E-state index in [1.165, 1.54) is 24.1 Å². The van der Waals surface area contributed by atoms with Gasteiger partial charge in [0.05, 0.1) is 19.1 Å². The quantitative estimate of drug-likeness (QED) is 0.484. The van der Waals surface area contributed by atoms with Gasteiger partial charge in [0.15, 0.2) is 0 Å². The number of carbonyl (C=O) groups excluding carboxylic acids is 2. The van der Waals surface area contributed by atoms with E-state index in [1.807, 2.05) is 45.0 Å². The second-order valence-electron chi connectivity index (χ2n) is 8.53. The Kier molecular flexibility index (Phi) is 9.97. The average Bonchev–Trinajstić information content (AvgIpc) is 2.80. The van der Waals surface area contributed by atoms with Crippen molar-refractivity contribution in [2.24, 2.45) is 0 Å². The maximum atomic E-state index is 13.6. The lowest BCUT2D eigenvalue weighted by Gasteiger charge is -2.32. The van der Waals surface area contributed by atoms with Crippen LogP contribution in [0.3, 0.4) is 0 Å². The van der Waals surface area contributed by atoms with Gasteiger partial charge >= 0.3 is 0 Å². The summed E-state index contributed by atoms with van der Waals surface area (Å²) in [7, 11) is -2.50. The van der Waals surface area contributed by atoms with E-state index in [0.717, 1.165) is 28.1 Å². The van der Waals surface area contributed by atoms with E-state index < -0.39 is 28.5 Å². The number of carbonyl (C=O) groups is 2. The Hall–Kier alpha value is -2.78. The Morgan fingerprint density at radius 2 is 1.80 bits per heavy atom. The Labute approximate surface area is 213 Å². The molecule has 0 saturated carbocycles. The topological polar surface area (TPSA) is 96.0 Å². The highest BCUT2D eigenvalue weighted by Crippen LogP contribution is 2.33. The Morgan fingerprint density at radius 3 is 2.37 bits per heavy atom. The number of hydrogen-bond donors (Lipinski definition) is 1. The van der Waals surface area contributed by atoms with E-state index in [-0.39, 0.29) is 29.9 Å². The number of rotatable bonds is 11. The minimum Gasteiger partial charge on any atom is -0.495 e. The molecule has 2 rings (SSSR count). The zero-order valence-corrected chi connectivity index (χ0v) is 22.6. The van der Waals surface area contributed by atoms with Crippen molar-refractivity contribution in [1.82, 2.24) is 10.2 Å². The molecule has 0 spiro atoms. The number of ether oxygens (including phenoxy) is 1. The molecule has 10 heteroatoms. The zero-order chi connectivity index (χ0) is 26.3. The fraction of sp³-hybridized carbons (Fsp3) is 0.440. The summed E-state index contributed by atoms with van der Waals surface area (Å²) in [6, 6.07) is 11.2. The van der Waals surface area contributed by atoms with Crippen LogP contribution in [0, 0.1) is 6.92 Å². The highest BCUT2D eigenvalue weighted by atomic mass is 35.5. The third-order valence-corrected chi connectivity index (χ3v) is 7.22. The highest BCUT2D eigenvalue weighted by Gasteiger charge is 2.31. The van der Waals surface area contributed by atoms with Crippen LogP contribution in [0.5, 0.6) is 5.75 Å². The first-order valence-electron chi connectivity index (χ1n) is 11.3. The van der Waals surface area contributed by atoms with Gasteiger partial charge in [0.25, 0.3) is 0 Å². The third-order valence-electron chi connectivity index (χ3n) is 5.86. The number of nitrogens with zero attached hydrogens (tertiary/aromatic N) is 2. The predicted octanol–water partition coefficient (Wildman–Crippen LogP) is 3.76. The molecule has 2 aromatic rings. The van der Waals surface area contributed by atoms with E-state index >= 15 is 0 Å². The number of hydrogen-bond acceptors (Lipinski definition) is 5. The molecule has 0 aliphatic heterocycles. The number of sulfonamides is 1. The smallest absolute Gasteiger partial charge is 0.244 e. The van der Waals surface area contributed by atoms with E-state index in [0.29, 0.717) is 5.02 Å². The molecule has 2 aromatic carbocycles. The molecule has 8 nitrogen and oxygen atoms in total. The SMILES string of the molecule is CC[C@@H](C)NC(=O)[C@H](C)N(Cc1ccccc1C)C(=O)CN(c1cc(Cl)ccc1OC)S(C)(=O)=O. The number of halogens is 1. The molecule has 0 aromatic heterocycles. The largest absolute Gasteiger partial charge is 0.495 e. The summed E-state index contributed by atoms with van der Waals surface area (Å²) < 4.78 is 31.8. The van der Waals surface area contributed by atoms with Crippen LogP contribution in [-0.4, -0.2) is 57.1 Å². The van der Waals surface area contributed by atoms with Crippen LogP contribution in [0.4, 0.5) is 5.69 Å². The summed E-state index contributed by atoms with van der Waals surface area (Å²) in [5.74, 6) is -0.597. The minimum atomic E-state index is -3.90. The molecule has 192 valence electrons. The highest BCUT2D eigenvalue weighted by molar-refractivity contribution is 7.92. The van der Waals surface area contributed by atoms with E-state index in [2.05, 4.69) is 5.32 Å². The van der Waals surface area contributed by atoms with Crippen LogP contribution in [0.15, 0.2) is 42.5 Å². The molecule has 0 radical (unpaired) electrons. The maximum absolute atomic E-state index is 13.6. The van der Waals surface area contributed by atoms with Crippen LogP contribution < -0.4 is 14.4 Å².